The van der Waals surface area contributed by atoms with Crippen molar-refractivity contribution in [1.82, 2.24) is 9.88 Å². The van der Waals surface area contributed by atoms with Crippen LogP contribution in [-0.4, -0.2) is 48.3 Å². The Bertz CT molecular complexity index is 521. The van der Waals surface area contributed by atoms with Crippen molar-refractivity contribution in [2.24, 2.45) is 0 Å². The minimum atomic E-state index is 0.318. The first-order valence-electron chi connectivity index (χ1n) is 7.76. The van der Waals surface area contributed by atoms with Gasteiger partial charge in [-0.15, -0.1) is 0 Å². The van der Waals surface area contributed by atoms with Gasteiger partial charge in [0, 0.05) is 25.8 Å². The molecule has 5 nitrogen and oxygen atoms in total. The maximum absolute atomic E-state index is 8.93. The lowest BCUT2D eigenvalue weighted by Gasteiger charge is -2.35. The highest BCUT2D eigenvalue weighted by Gasteiger charge is 2.21. The summed E-state index contributed by atoms with van der Waals surface area (Å²) in [5.41, 5.74) is 0.454. The van der Waals surface area contributed by atoms with E-state index in [1.807, 2.05) is 0 Å². The van der Waals surface area contributed by atoms with Crippen LogP contribution in [0.25, 0.3) is 0 Å². The van der Waals surface area contributed by atoms with Gasteiger partial charge in [0.15, 0.2) is 0 Å². The van der Waals surface area contributed by atoms with Gasteiger partial charge in [0.1, 0.15) is 16.9 Å². The quantitative estimate of drug-likeness (QED) is 0.816. The predicted molar refractivity (Wildman–Crippen MR) is 88.1 cm³/mol. The molecule has 1 saturated heterocycles. The molecule has 1 aliphatic heterocycles. The number of aromatic nitrogens is 1. The Labute approximate surface area is 137 Å². The van der Waals surface area contributed by atoms with Crippen LogP contribution in [0.5, 0.6) is 0 Å². The summed E-state index contributed by atoms with van der Waals surface area (Å²) in [6, 6.07) is 3.68. The predicted octanol–water partition coefficient (Wildman–Crippen LogP) is 2.91. The number of pyridine rings is 1. The van der Waals surface area contributed by atoms with Crippen LogP contribution in [0.1, 0.15) is 32.3 Å². The highest BCUT2D eigenvalue weighted by molar-refractivity contribution is 6.34. The van der Waals surface area contributed by atoms with E-state index in [0.717, 1.165) is 39.0 Å². The van der Waals surface area contributed by atoms with Crippen LogP contribution in [0.2, 0.25) is 5.02 Å². The molecule has 0 saturated carbocycles. The fourth-order valence-electron chi connectivity index (χ4n) is 2.79. The van der Waals surface area contributed by atoms with E-state index in [0.29, 0.717) is 28.6 Å². The molecule has 0 radical (unpaired) electrons. The third-order valence-electron chi connectivity index (χ3n) is 3.70. The van der Waals surface area contributed by atoms with Gasteiger partial charge in [-0.3, -0.25) is 4.90 Å². The summed E-state index contributed by atoms with van der Waals surface area (Å²) in [6.07, 6.45) is 4.39. The molecule has 2 heterocycles. The lowest BCUT2D eigenvalue weighted by atomic mass is 10.2. The average Bonchev–Trinajstić information content (AvgIpc) is 2.47. The molecule has 0 aromatic carbocycles. The largest absolute Gasteiger partial charge is 0.373 e. The summed E-state index contributed by atoms with van der Waals surface area (Å²) in [7, 11) is 0. The second kappa shape index (κ2) is 8.33. The molecule has 22 heavy (non-hydrogen) atoms. The first-order valence-corrected chi connectivity index (χ1v) is 8.14. The molecule has 6 heteroatoms. The van der Waals surface area contributed by atoms with Crippen LogP contribution in [0.3, 0.4) is 0 Å². The molecule has 1 aliphatic rings. The molecule has 2 rings (SSSR count). The fraction of sp³-hybridized carbons (Fsp3) is 0.625. The summed E-state index contributed by atoms with van der Waals surface area (Å²) in [4.78, 5) is 6.63. The van der Waals surface area contributed by atoms with E-state index >= 15 is 0 Å². The number of anilines is 1. The summed E-state index contributed by atoms with van der Waals surface area (Å²) in [6.45, 7) is 8.15. The van der Waals surface area contributed by atoms with E-state index in [4.69, 9.17) is 21.6 Å². The standard InChI is InChI=1S/C16H23ClN4O/c1-12-10-21(11-13(2)22-12)8-4-3-6-19-16-15(17)14(9-18)5-7-20-16/h5,7,12-13H,3-4,6,8,10-11H2,1-2H3,(H,19,20)/t12-,13-/m1/s1. The van der Waals surface area contributed by atoms with Crippen LogP contribution in [0, 0.1) is 11.3 Å². The lowest BCUT2D eigenvalue weighted by molar-refractivity contribution is -0.0681. The number of nitrogens with one attached hydrogen (secondary N) is 1. The highest BCUT2D eigenvalue weighted by Crippen LogP contribution is 2.22. The van der Waals surface area contributed by atoms with Gasteiger partial charge in [0.25, 0.3) is 0 Å². The van der Waals surface area contributed by atoms with Crippen molar-refractivity contribution in [3.05, 3.63) is 22.8 Å². The van der Waals surface area contributed by atoms with Gasteiger partial charge in [-0.2, -0.15) is 5.26 Å². The molecule has 0 amide bonds. The van der Waals surface area contributed by atoms with Gasteiger partial charge in [-0.05, 0) is 39.3 Å². The molecular formula is C16H23ClN4O. The number of hydrogen-bond donors (Lipinski definition) is 1. The summed E-state index contributed by atoms with van der Waals surface area (Å²) in [5.74, 6) is 0.592. The normalized spacial score (nSPS) is 22.3. The average molecular weight is 323 g/mol. The second-order valence-corrected chi connectivity index (χ2v) is 6.16. The number of morpholine rings is 1. The van der Waals surface area contributed by atoms with E-state index in [1.54, 1.807) is 12.3 Å². The molecule has 0 aliphatic carbocycles. The van der Waals surface area contributed by atoms with Crippen molar-refractivity contribution < 1.29 is 4.74 Å². The van der Waals surface area contributed by atoms with Gasteiger partial charge in [0.05, 0.1) is 17.8 Å². The molecule has 0 bridgehead atoms. The Morgan fingerprint density at radius 1 is 1.41 bits per heavy atom. The maximum atomic E-state index is 8.93. The first kappa shape index (κ1) is 17.0. The molecule has 120 valence electrons. The van der Waals surface area contributed by atoms with Gasteiger partial charge in [-0.1, -0.05) is 11.6 Å². The smallest absolute Gasteiger partial charge is 0.146 e. The number of nitriles is 1. The number of hydrogen-bond acceptors (Lipinski definition) is 5. The van der Waals surface area contributed by atoms with Crippen molar-refractivity contribution >= 4 is 17.4 Å². The third-order valence-corrected chi connectivity index (χ3v) is 4.08. The Hall–Kier alpha value is -1.35. The summed E-state index contributed by atoms with van der Waals surface area (Å²) >= 11 is 6.11. The third kappa shape index (κ3) is 4.84. The minimum Gasteiger partial charge on any atom is -0.373 e. The molecular weight excluding hydrogens is 300 g/mol. The molecule has 1 N–H and O–H groups in total. The van der Waals surface area contributed by atoms with Crippen LogP contribution >= 0.6 is 11.6 Å². The van der Waals surface area contributed by atoms with E-state index in [9.17, 15) is 0 Å². The van der Waals surface area contributed by atoms with Gasteiger partial charge in [-0.25, -0.2) is 4.98 Å². The van der Waals surface area contributed by atoms with Crippen molar-refractivity contribution in [1.29, 1.82) is 5.26 Å². The monoisotopic (exact) mass is 322 g/mol. The van der Waals surface area contributed by atoms with Crippen molar-refractivity contribution in [2.45, 2.75) is 38.9 Å². The van der Waals surface area contributed by atoms with E-state index in [1.165, 1.54) is 0 Å². The SMILES string of the molecule is C[C@@H]1CN(CCCCNc2nccc(C#N)c2Cl)C[C@@H](C)O1. The molecule has 0 spiro atoms. The Balaban J connectivity index is 1.69. The van der Waals surface area contributed by atoms with Gasteiger partial charge < -0.3 is 10.1 Å². The molecule has 2 atom stereocenters. The van der Waals surface area contributed by atoms with Crippen LogP contribution in [0.4, 0.5) is 5.82 Å². The van der Waals surface area contributed by atoms with E-state index < -0.39 is 0 Å². The van der Waals surface area contributed by atoms with Crippen molar-refractivity contribution in [3.63, 3.8) is 0 Å². The fourth-order valence-corrected chi connectivity index (χ4v) is 3.01. The summed E-state index contributed by atoms with van der Waals surface area (Å²) in [5, 5.41) is 12.5. The zero-order chi connectivity index (χ0) is 15.9. The zero-order valence-corrected chi connectivity index (χ0v) is 13.9. The lowest BCUT2D eigenvalue weighted by Crippen LogP contribution is -2.45. The highest BCUT2D eigenvalue weighted by atomic mass is 35.5. The number of nitrogens with zero attached hydrogens (tertiary/aromatic N) is 3. The molecule has 1 aromatic rings. The Morgan fingerprint density at radius 3 is 2.82 bits per heavy atom. The maximum Gasteiger partial charge on any atom is 0.146 e. The second-order valence-electron chi connectivity index (χ2n) is 5.78. The molecule has 0 unspecified atom stereocenters. The number of unbranched alkanes of at least 4 members (excludes halogenated alkanes) is 1. The number of rotatable bonds is 6. The van der Waals surface area contributed by atoms with Crippen LogP contribution in [0.15, 0.2) is 12.3 Å². The first-order chi connectivity index (χ1) is 10.6. The Kier molecular flexibility index (Phi) is 6.44. The van der Waals surface area contributed by atoms with E-state index in [2.05, 4.69) is 35.1 Å². The van der Waals surface area contributed by atoms with Crippen molar-refractivity contribution in [2.75, 3.05) is 31.5 Å². The number of halogens is 1. The molecule has 1 fully saturated rings. The number of ether oxygens (including phenoxy) is 1. The zero-order valence-electron chi connectivity index (χ0n) is 13.2. The minimum absolute atomic E-state index is 0.318. The van der Waals surface area contributed by atoms with Gasteiger partial charge in [0.2, 0.25) is 0 Å². The van der Waals surface area contributed by atoms with Crippen LogP contribution < -0.4 is 5.32 Å². The topological polar surface area (TPSA) is 61.2 Å². The molecule has 1 aromatic heterocycles. The summed E-state index contributed by atoms with van der Waals surface area (Å²) < 4.78 is 5.73. The van der Waals surface area contributed by atoms with Crippen LogP contribution in [-0.2, 0) is 4.74 Å². The Morgan fingerprint density at radius 2 is 2.14 bits per heavy atom. The van der Waals surface area contributed by atoms with E-state index in [-0.39, 0.29) is 0 Å². The van der Waals surface area contributed by atoms with Gasteiger partial charge >= 0.3 is 0 Å². The van der Waals surface area contributed by atoms with Crippen molar-refractivity contribution in [3.8, 4) is 6.07 Å².